The second-order valence-corrected chi connectivity index (χ2v) is 8.23. The fourth-order valence-corrected chi connectivity index (χ4v) is 3.48. The van der Waals surface area contributed by atoms with Crippen LogP contribution in [-0.2, 0) is 12.1 Å². The van der Waals surface area contributed by atoms with Crippen LogP contribution in [0.1, 0.15) is 57.7 Å². The molecule has 1 saturated heterocycles. The first-order chi connectivity index (χ1) is 13.4. The van der Waals surface area contributed by atoms with Gasteiger partial charge in [-0.05, 0) is 52.3 Å². The van der Waals surface area contributed by atoms with Gasteiger partial charge in [0.25, 0.3) is 5.89 Å². The highest BCUT2D eigenvalue weighted by Gasteiger charge is 2.30. The molecule has 0 spiro atoms. The van der Waals surface area contributed by atoms with E-state index in [0.29, 0.717) is 18.0 Å². The lowest BCUT2D eigenvalue weighted by Crippen LogP contribution is -2.33. The third-order valence-electron chi connectivity index (χ3n) is 5.04. The molecule has 0 radical (unpaired) electrons. The zero-order valence-corrected chi connectivity index (χ0v) is 16.5. The second-order valence-electron chi connectivity index (χ2n) is 8.23. The molecule has 0 aliphatic carbocycles. The maximum absolute atomic E-state index is 14.0. The molecule has 0 saturated carbocycles. The van der Waals surface area contributed by atoms with E-state index >= 15 is 0 Å². The number of aromatic nitrogens is 5. The first-order valence-corrected chi connectivity index (χ1v) is 9.66. The fourth-order valence-electron chi connectivity index (χ4n) is 3.48. The van der Waals surface area contributed by atoms with E-state index in [4.69, 9.17) is 4.42 Å². The van der Waals surface area contributed by atoms with Gasteiger partial charge in [0.1, 0.15) is 5.82 Å². The molecule has 4 rings (SSSR count). The predicted octanol–water partition coefficient (Wildman–Crippen LogP) is 3.95. The van der Waals surface area contributed by atoms with E-state index in [-0.39, 0.29) is 23.3 Å². The van der Waals surface area contributed by atoms with Crippen LogP contribution in [0.2, 0.25) is 0 Å². The Morgan fingerprint density at radius 1 is 1.14 bits per heavy atom. The highest BCUT2D eigenvalue weighted by molar-refractivity contribution is 5.53. The van der Waals surface area contributed by atoms with E-state index in [0.717, 1.165) is 31.5 Å². The Bertz CT molecular complexity index is 944. The molecule has 3 heterocycles. The molecule has 1 fully saturated rings. The predicted molar refractivity (Wildman–Crippen MR) is 102 cm³/mol. The van der Waals surface area contributed by atoms with Crippen LogP contribution < -0.4 is 0 Å². The van der Waals surface area contributed by atoms with Gasteiger partial charge in [-0.1, -0.05) is 23.8 Å². The topological polar surface area (TPSA) is 72.9 Å². The van der Waals surface area contributed by atoms with Crippen molar-refractivity contribution in [2.24, 2.45) is 0 Å². The minimum Gasteiger partial charge on any atom is -0.419 e. The number of halogens is 1. The van der Waals surface area contributed by atoms with Crippen LogP contribution in [0.25, 0.3) is 11.5 Å². The van der Waals surface area contributed by atoms with Crippen molar-refractivity contribution in [3.05, 3.63) is 47.9 Å². The molecule has 1 aliphatic rings. The van der Waals surface area contributed by atoms with Crippen molar-refractivity contribution in [1.82, 2.24) is 30.1 Å². The molecule has 0 bridgehead atoms. The van der Waals surface area contributed by atoms with Crippen LogP contribution in [0.3, 0.4) is 0 Å². The van der Waals surface area contributed by atoms with E-state index in [9.17, 15) is 4.39 Å². The summed E-state index contributed by atoms with van der Waals surface area (Å²) in [6.45, 7) is 7.87. The third-order valence-corrected chi connectivity index (χ3v) is 5.04. The van der Waals surface area contributed by atoms with Gasteiger partial charge in [-0.25, -0.2) is 9.07 Å². The van der Waals surface area contributed by atoms with Gasteiger partial charge in [0, 0.05) is 6.54 Å². The summed E-state index contributed by atoms with van der Waals surface area (Å²) < 4.78 is 21.8. The van der Waals surface area contributed by atoms with Crippen molar-refractivity contribution in [1.29, 1.82) is 0 Å². The molecular weight excluding hydrogens is 359 g/mol. The average Bonchev–Trinajstić information content (AvgIpc) is 3.32. The molecule has 1 atom stereocenters. The van der Waals surface area contributed by atoms with Crippen LogP contribution >= 0.6 is 0 Å². The monoisotopic (exact) mass is 384 g/mol. The molecule has 0 unspecified atom stereocenters. The van der Waals surface area contributed by atoms with Gasteiger partial charge in [0.05, 0.1) is 29.0 Å². The quantitative estimate of drug-likeness (QED) is 0.678. The maximum atomic E-state index is 14.0. The highest BCUT2D eigenvalue weighted by Crippen LogP contribution is 2.33. The molecular formula is C20H25FN6O. The van der Waals surface area contributed by atoms with Gasteiger partial charge in [-0.3, -0.25) is 4.90 Å². The van der Waals surface area contributed by atoms with Gasteiger partial charge in [-0.15, -0.1) is 15.3 Å². The van der Waals surface area contributed by atoms with Crippen LogP contribution in [0.5, 0.6) is 0 Å². The molecule has 2 aromatic heterocycles. The first kappa shape index (κ1) is 18.7. The summed E-state index contributed by atoms with van der Waals surface area (Å²) in [5.41, 5.74) is 1.14. The molecule has 1 aromatic carbocycles. The van der Waals surface area contributed by atoms with Crippen molar-refractivity contribution < 1.29 is 8.81 Å². The van der Waals surface area contributed by atoms with Crippen LogP contribution in [0, 0.1) is 5.82 Å². The first-order valence-electron chi connectivity index (χ1n) is 9.66. The van der Waals surface area contributed by atoms with Gasteiger partial charge < -0.3 is 4.42 Å². The summed E-state index contributed by atoms with van der Waals surface area (Å²) in [7, 11) is 0. The van der Waals surface area contributed by atoms with Gasteiger partial charge in [0.15, 0.2) is 0 Å². The number of hydrogen-bond donors (Lipinski definition) is 0. The van der Waals surface area contributed by atoms with Crippen LogP contribution in [0.4, 0.5) is 4.39 Å². The zero-order chi connectivity index (χ0) is 19.7. The van der Waals surface area contributed by atoms with Crippen molar-refractivity contribution in [3.8, 4) is 11.5 Å². The number of piperidine rings is 1. The smallest absolute Gasteiger partial charge is 0.250 e. The number of nitrogens with zero attached hydrogens (tertiary/aromatic N) is 6. The molecule has 7 nitrogen and oxygen atoms in total. The Hall–Kier alpha value is -2.61. The van der Waals surface area contributed by atoms with E-state index < -0.39 is 0 Å². The number of likely N-dealkylation sites (tertiary alicyclic amines) is 1. The van der Waals surface area contributed by atoms with Gasteiger partial charge in [0.2, 0.25) is 5.89 Å². The lowest BCUT2D eigenvalue weighted by molar-refractivity contribution is 0.116. The normalized spacial score (nSPS) is 18.5. The zero-order valence-electron chi connectivity index (χ0n) is 16.5. The lowest BCUT2D eigenvalue weighted by atomic mass is 10.0. The Balaban J connectivity index is 1.55. The number of benzene rings is 1. The molecule has 3 aromatic rings. The molecule has 8 heteroatoms. The standard InChI is InChI=1S/C20H25FN6O/c1-20(2,3)27-13-14(22-25-27)12-26-11-7-6-10-17(26)19-24-23-18(28-19)15-8-4-5-9-16(15)21/h4-5,8-9,13,17H,6-7,10-12H2,1-3H3/t17-/m0/s1. The lowest BCUT2D eigenvalue weighted by Gasteiger charge is -2.32. The average molecular weight is 384 g/mol. The highest BCUT2D eigenvalue weighted by atomic mass is 19.1. The minimum atomic E-state index is -0.364. The van der Waals surface area contributed by atoms with Crippen LogP contribution in [0.15, 0.2) is 34.9 Å². The Morgan fingerprint density at radius 2 is 1.96 bits per heavy atom. The summed E-state index contributed by atoms with van der Waals surface area (Å²) in [4.78, 5) is 2.29. The fraction of sp³-hybridized carbons (Fsp3) is 0.500. The van der Waals surface area contributed by atoms with E-state index in [1.807, 2.05) is 10.9 Å². The second kappa shape index (κ2) is 7.43. The molecule has 0 amide bonds. The Kier molecular flexibility index (Phi) is 4.97. The minimum absolute atomic E-state index is 0.00144. The summed E-state index contributed by atoms with van der Waals surface area (Å²) >= 11 is 0. The summed E-state index contributed by atoms with van der Waals surface area (Å²) in [6.07, 6.45) is 5.11. The Labute approximate surface area is 163 Å². The van der Waals surface area contributed by atoms with Gasteiger partial charge in [-0.2, -0.15) is 0 Å². The van der Waals surface area contributed by atoms with Crippen molar-refractivity contribution in [3.63, 3.8) is 0 Å². The van der Waals surface area contributed by atoms with E-state index in [1.54, 1.807) is 18.2 Å². The summed E-state index contributed by atoms with van der Waals surface area (Å²) in [6, 6.07) is 6.44. The van der Waals surface area contributed by atoms with Crippen molar-refractivity contribution in [2.75, 3.05) is 6.54 Å². The van der Waals surface area contributed by atoms with Crippen molar-refractivity contribution in [2.45, 2.75) is 58.2 Å². The van der Waals surface area contributed by atoms with E-state index in [2.05, 4.69) is 46.2 Å². The molecule has 0 N–H and O–H groups in total. The van der Waals surface area contributed by atoms with Gasteiger partial charge >= 0.3 is 0 Å². The Morgan fingerprint density at radius 3 is 2.71 bits per heavy atom. The van der Waals surface area contributed by atoms with E-state index in [1.165, 1.54) is 6.07 Å². The largest absolute Gasteiger partial charge is 0.419 e. The maximum Gasteiger partial charge on any atom is 0.250 e. The van der Waals surface area contributed by atoms with Crippen molar-refractivity contribution >= 4 is 0 Å². The summed E-state index contributed by atoms with van der Waals surface area (Å²) in [5, 5.41) is 16.9. The number of hydrogen-bond acceptors (Lipinski definition) is 6. The molecule has 1 aliphatic heterocycles. The third kappa shape index (κ3) is 3.82. The molecule has 148 valence electrons. The SMILES string of the molecule is CC(C)(C)n1cc(CN2CCCC[C@H]2c2nnc(-c3ccccc3F)o2)nn1. The van der Waals surface area contributed by atoms with Crippen LogP contribution in [-0.4, -0.2) is 36.6 Å². The summed E-state index contributed by atoms with van der Waals surface area (Å²) in [5.74, 6) is 0.385. The molecule has 28 heavy (non-hydrogen) atoms. The number of rotatable bonds is 4.